The first-order valence-electron chi connectivity index (χ1n) is 10.1. The first-order chi connectivity index (χ1) is 15.5. The van der Waals surface area contributed by atoms with Gasteiger partial charge < -0.3 is 15.0 Å². The molecule has 3 aromatic rings. The second-order valence-electron chi connectivity index (χ2n) is 7.47. The quantitative estimate of drug-likeness (QED) is 0.352. The molecule has 1 fully saturated rings. The number of hydrogen-bond acceptors (Lipinski definition) is 6. The summed E-state index contributed by atoms with van der Waals surface area (Å²) in [5.74, 6) is -1.36. The highest BCUT2D eigenvalue weighted by Crippen LogP contribution is 2.33. The Labute approximate surface area is 184 Å². The third-order valence-electron chi connectivity index (χ3n) is 5.57. The average molecular weight is 431 g/mol. The van der Waals surface area contributed by atoms with Gasteiger partial charge in [-0.05, 0) is 28.0 Å². The van der Waals surface area contributed by atoms with Gasteiger partial charge in [-0.1, -0.05) is 65.8 Å². The van der Waals surface area contributed by atoms with Gasteiger partial charge in [0.15, 0.2) is 6.04 Å². The van der Waals surface area contributed by atoms with Gasteiger partial charge in [0.25, 0.3) is 11.8 Å². The van der Waals surface area contributed by atoms with Crippen LogP contribution in [0, 0.1) is 4.91 Å². The maximum Gasteiger partial charge on any atom is 0.310 e. The second kappa shape index (κ2) is 8.97. The van der Waals surface area contributed by atoms with E-state index >= 15 is 0 Å². The molecule has 0 spiro atoms. The van der Waals surface area contributed by atoms with Crippen LogP contribution in [-0.2, 0) is 25.5 Å². The third kappa shape index (κ3) is 3.94. The molecule has 0 aromatic heterocycles. The fraction of sp³-hybridized carbons (Fsp3) is 0.208. The number of nitroso groups, excluding NO2 is 1. The lowest BCUT2D eigenvalue weighted by molar-refractivity contribution is -0.139. The molecule has 32 heavy (non-hydrogen) atoms. The van der Waals surface area contributed by atoms with Gasteiger partial charge in [-0.25, -0.2) is 0 Å². The Balaban J connectivity index is 1.54. The maximum atomic E-state index is 12.9. The van der Waals surface area contributed by atoms with Gasteiger partial charge in [0.1, 0.15) is 6.04 Å². The Morgan fingerprint density at radius 3 is 2.50 bits per heavy atom. The van der Waals surface area contributed by atoms with E-state index in [1.807, 2.05) is 30.3 Å². The predicted octanol–water partition coefficient (Wildman–Crippen LogP) is 2.89. The van der Waals surface area contributed by atoms with E-state index < -0.39 is 24.0 Å². The van der Waals surface area contributed by atoms with E-state index in [-0.39, 0.29) is 18.9 Å². The summed E-state index contributed by atoms with van der Waals surface area (Å²) in [6.45, 7) is 0.220. The summed E-state index contributed by atoms with van der Waals surface area (Å²) in [4.78, 5) is 50.2. The molecule has 1 heterocycles. The fourth-order valence-electron chi connectivity index (χ4n) is 3.88. The van der Waals surface area contributed by atoms with Gasteiger partial charge in [0.05, 0.1) is 20.1 Å². The number of carbonyl (C=O) groups excluding carboxylic acids is 3. The number of nitrogens with one attached hydrogen (secondary N) is 1. The summed E-state index contributed by atoms with van der Waals surface area (Å²) >= 11 is 0. The number of methoxy groups -OCH3 is 1. The van der Waals surface area contributed by atoms with E-state index in [1.165, 1.54) is 12.0 Å². The SMILES string of the molecule is COC(=O)Cc1c(N2CC(NC(=O)C(N=O)c3ccccc3)C2=O)ccc2ccccc12. The maximum absolute atomic E-state index is 12.9. The molecule has 0 aliphatic carbocycles. The number of hydrogen-bond donors (Lipinski definition) is 1. The summed E-state index contributed by atoms with van der Waals surface area (Å²) in [7, 11) is 1.32. The van der Waals surface area contributed by atoms with Crippen LogP contribution in [0.25, 0.3) is 10.8 Å². The van der Waals surface area contributed by atoms with Crippen molar-refractivity contribution in [2.24, 2.45) is 5.18 Å². The highest BCUT2D eigenvalue weighted by molar-refractivity contribution is 6.08. The van der Waals surface area contributed by atoms with Crippen LogP contribution >= 0.6 is 0 Å². The number of nitrogens with zero attached hydrogens (tertiary/aromatic N) is 2. The first-order valence-corrected chi connectivity index (χ1v) is 10.1. The monoisotopic (exact) mass is 431 g/mol. The minimum absolute atomic E-state index is 0.0130. The van der Waals surface area contributed by atoms with Gasteiger partial charge in [-0.15, -0.1) is 4.91 Å². The number of fused-ring (bicyclic) bond motifs is 1. The zero-order valence-corrected chi connectivity index (χ0v) is 17.4. The van der Waals surface area contributed by atoms with E-state index in [2.05, 4.69) is 10.5 Å². The zero-order valence-electron chi connectivity index (χ0n) is 17.4. The van der Waals surface area contributed by atoms with Crippen molar-refractivity contribution in [3.05, 3.63) is 82.8 Å². The average Bonchev–Trinajstić information content (AvgIpc) is 2.83. The first kappa shape index (κ1) is 21.2. The molecule has 1 aliphatic rings. The second-order valence-corrected chi connectivity index (χ2v) is 7.47. The van der Waals surface area contributed by atoms with Gasteiger partial charge in [-0.3, -0.25) is 14.4 Å². The molecular formula is C24H21N3O5. The molecule has 1 N–H and O–H groups in total. The molecule has 4 rings (SSSR count). The number of esters is 1. The van der Waals surface area contributed by atoms with Crippen molar-refractivity contribution in [3.8, 4) is 0 Å². The van der Waals surface area contributed by atoms with Crippen molar-refractivity contribution in [3.63, 3.8) is 0 Å². The van der Waals surface area contributed by atoms with Crippen molar-refractivity contribution < 1.29 is 19.1 Å². The summed E-state index contributed by atoms with van der Waals surface area (Å²) < 4.78 is 4.83. The Kier molecular flexibility index (Phi) is 5.93. The van der Waals surface area contributed by atoms with Gasteiger partial charge in [-0.2, -0.15) is 0 Å². The van der Waals surface area contributed by atoms with Crippen LogP contribution in [-0.4, -0.2) is 37.5 Å². The number of rotatable bonds is 7. The number of ether oxygens (including phenoxy) is 1. The van der Waals surface area contributed by atoms with E-state index in [1.54, 1.807) is 36.4 Å². The smallest absolute Gasteiger partial charge is 0.310 e. The molecule has 8 heteroatoms. The summed E-state index contributed by atoms with van der Waals surface area (Å²) in [6.07, 6.45) is 0.0130. The zero-order chi connectivity index (χ0) is 22.7. The number of carbonyl (C=O) groups is 3. The topological polar surface area (TPSA) is 105 Å². The molecule has 3 aromatic carbocycles. The molecule has 1 saturated heterocycles. The molecule has 162 valence electrons. The minimum Gasteiger partial charge on any atom is -0.469 e. The van der Waals surface area contributed by atoms with Crippen LogP contribution in [0.5, 0.6) is 0 Å². The fourth-order valence-corrected chi connectivity index (χ4v) is 3.88. The van der Waals surface area contributed by atoms with Crippen LogP contribution < -0.4 is 10.2 Å². The van der Waals surface area contributed by atoms with Crippen molar-refractivity contribution in [1.29, 1.82) is 0 Å². The van der Waals surface area contributed by atoms with Crippen LogP contribution in [0.1, 0.15) is 17.2 Å². The molecule has 2 amide bonds. The number of benzene rings is 3. The van der Waals surface area contributed by atoms with E-state index in [0.29, 0.717) is 16.8 Å². The van der Waals surface area contributed by atoms with Crippen LogP contribution in [0.4, 0.5) is 5.69 Å². The lowest BCUT2D eigenvalue weighted by atomic mass is 9.96. The lowest BCUT2D eigenvalue weighted by Crippen LogP contribution is -2.64. The largest absolute Gasteiger partial charge is 0.469 e. The minimum atomic E-state index is -1.23. The van der Waals surface area contributed by atoms with Crippen LogP contribution in [0.15, 0.2) is 71.9 Å². The summed E-state index contributed by atoms with van der Waals surface area (Å²) in [6, 6.07) is 17.7. The van der Waals surface area contributed by atoms with Gasteiger partial charge >= 0.3 is 5.97 Å². The van der Waals surface area contributed by atoms with Crippen molar-refractivity contribution in [2.75, 3.05) is 18.6 Å². The van der Waals surface area contributed by atoms with E-state index in [4.69, 9.17) is 4.74 Å². The van der Waals surface area contributed by atoms with Crippen molar-refractivity contribution in [1.82, 2.24) is 5.32 Å². The molecule has 2 unspecified atom stereocenters. The van der Waals surface area contributed by atoms with E-state index in [9.17, 15) is 19.3 Å². The van der Waals surface area contributed by atoms with Crippen molar-refractivity contribution in [2.45, 2.75) is 18.5 Å². The Morgan fingerprint density at radius 2 is 1.81 bits per heavy atom. The normalized spacial score (nSPS) is 16.2. The molecule has 0 radical (unpaired) electrons. The Bertz CT molecular complexity index is 1190. The Morgan fingerprint density at radius 1 is 1.09 bits per heavy atom. The summed E-state index contributed by atoms with van der Waals surface area (Å²) in [5, 5.41) is 7.32. The Hall–Kier alpha value is -4.07. The molecule has 2 atom stereocenters. The molecule has 0 saturated carbocycles. The van der Waals surface area contributed by atoms with Gasteiger partial charge in [0, 0.05) is 5.69 Å². The summed E-state index contributed by atoms with van der Waals surface area (Å²) in [5.41, 5.74) is 1.74. The molecular weight excluding hydrogens is 410 g/mol. The van der Waals surface area contributed by atoms with Gasteiger partial charge in [0.2, 0.25) is 0 Å². The molecule has 1 aliphatic heterocycles. The molecule has 8 nitrogen and oxygen atoms in total. The van der Waals surface area contributed by atoms with Crippen LogP contribution in [0.3, 0.4) is 0 Å². The number of β-lactam (4-membered cyclic amide) rings is 1. The standard InChI is InChI=1S/C24H21N3O5/c1-32-21(28)13-18-17-10-6-5-7-15(17)11-12-20(18)27-14-19(24(27)30)25-23(29)22(26-31)16-8-3-2-4-9-16/h2-12,19,22H,13-14H2,1H3,(H,25,29). The van der Waals surface area contributed by atoms with E-state index in [0.717, 1.165) is 10.8 Å². The predicted molar refractivity (Wildman–Crippen MR) is 119 cm³/mol. The molecule has 0 bridgehead atoms. The van der Waals surface area contributed by atoms with Crippen LogP contribution in [0.2, 0.25) is 0 Å². The highest BCUT2D eigenvalue weighted by Gasteiger charge is 2.41. The number of anilines is 1. The highest BCUT2D eigenvalue weighted by atomic mass is 16.5. The third-order valence-corrected chi connectivity index (χ3v) is 5.57. The lowest BCUT2D eigenvalue weighted by Gasteiger charge is -2.40. The number of amides is 2. The van der Waals surface area contributed by atoms with Crippen molar-refractivity contribution >= 4 is 34.2 Å².